The third kappa shape index (κ3) is 5.86. The molecule has 2 aromatic carbocycles. The van der Waals surface area contributed by atoms with E-state index in [2.05, 4.69) is 10.0 Å². The summed E-state index contributed by atoms with van der Waals surface area (Å²) in [4.78, 5) is 23.7. The van der Waals surface area contributed by atoms with E-state index < -0.39 is 40.4 Å². The highest BCUT2D eigenvalue weighted by Crippen LogP contribution is 2.14. The quantitative estimate of drug-likeness (QED) is 0.685. The van der Waals surface area contributed by atoms with Crippen LogP contribution >= 0.6 is 0 Å². The Morgan fingerprint density at radius 3 is 2.32 bits per heavy atom. The van der Waals surface area contributed by atoms with Gasteiger partial charge in [0, 0.05) is 5.69 Å². The molecule has 0 saturated carbocycles. The van der Waals surface area contributed by atoms with Gasteiger partial charge >= 0.3 is 5.97 Å². The number of carbonyl (C=O) groups is 2. The zero-order valence-corrected chi connectivity index (χ0v) is 16.5. The van der Waals surface area contributed by atoms with Gasteiger partial charge in [-0.25, -0.2) is 12.8 Å². The molecule has 2 rings (SSSR count). The third-order valence-corrected chi connectivity index (χ3v) is 5.50. The van der Waals surface area contributed by atoms with Crippen molar-refractivity contribution in [3.8, 4) is 0 Å². The number of sulfonamides is 1. The van der Waals surface area contributed by atoms with Crippen molar-refractivity contribution in [2.24, 2.45) is 0 Å². The number of rotatable bonds is 7. The van der Waals surface area contributed by atoms with Crippen LogP contribution in [0.1, 0.15) is 18.1 Å². The minimum Gasteiger partial charge on any atom is -0.454 e. The molecule has 0 radical (unpaired) electrons. The van der Waals surface area contributed by atoms with Crippen LogP contribution in [0.2, 0.25) is 0 Å². The van der Waals surface area contributed by atoms with Gasteiger partial charge in [0.15, 0.2) is 6.61 Å². The molecule has 0 aliphatic rings. The van der Waals surface area contributed by atoms with Crippen molar-refractivity contribution in [2.75, 3.05) is 11.9 Å². The summed E-state index contributed by atoms with van der Waals surface area (Å²) in [6, 6.07) is 8.27. The fraction of sp³-hybridized carbons (Fsp3) is 0.263. The second-order valence-electron chi connectivity index (χ2n) is 6.25. The first-order valence-electron chi connectivity index (χ1n) is 8.40. The molecule has 0 aliphatic carbocycles. The maximum Gasteiger partial charge on any atom is 0.324 e. The summed E-state index contributed by atoms with van der Waals surface area (Å²) in [6.45, 7) is 4.57. The van der Waals surface area contributed by atoms with Crippen molar-refractivity contribution in [2.45, 2.75) is 31.7 Å². The Morgan fingerprint density at radius 1 is 1.07 bits per heavy atom. The first-order valence-corrected chi connectivity index (χ1v) is 9.88. The highest BCUT2D eigenvalue weighted by atomic mass is 32.2. The van der Waals surface area contributed by atoms with Crippen molar-refractivity contribution in [1.82, 2.24) is 4.72 Å². The molecule has 0 heterocycles. The number of amides is 1. The fourth-order valence-electron chi connectivity index (χ4n) is 2.24. The summed E-state index contributed by atoms with van der Waals surface area (Å²) in [5, 5.41) is 2.59. The first kappa shape index (κ1) is 21.5. The van der Waals surface area contributed by atoms with Crippen LogP contribution in [0, 0.1) is 19.7 Å². The lowest BCUT2D eigenvalue weighted by atomic mass is 10.1. The normalized spacial score (nSPS) is 12.3. The van der Waals surface area contributed by atoms with E-state index in [0.29, 0.717) is 5.69 Å². The minimum atomic E-state index is -4.04. The summed E-state index contributed by atoms with van der Waals surface area (Å²) in [6.07, 6.45) is 0. The van der Waals surface area contributed by atoms with Crippen molar-refractivity contribution >= 4 is 27.6 Å². The Kier molecular flexibility index (Phi) is 6.87. The van der Waals surface area contributed by atoms with Crippen molar-refractivity contribution in [3.63, 3.8) is 0 Å². The van der Waals surface area contributed by atoms with E-state index in [-0.39, 0.29) is 4.90 Å². The molecular weight excluding hydrogens is 387 g/mol. The molecule has 0 aromatic heterocycles. The molecule has 0 aliphatic heterocycles. The first-order chi connectivity index (χ1) is 13.1. The number of aryl methyl sites for hydroxylation is 2. The van der Waals surface area contributed by atoms with Gasteiger partial charge in [-0.15, -0.1) is 0 Å². The van der Waals surface area contributed by atoms with Gasteiger partial charge in [0.25, 0.3) is 5.91 Å². The lowest BCUT2D eigenvalue weighted by Gasteiger charge is -2.14. The lowest BCUT2D eigenvalue weighted by molar-refractivity contribution is -0.148. The van der Waals surface area contributed by atoms with Crippen LogP contribution < -0.4 is 10.0 Å². The summed E-state index contributed by atoms with van der Waals surface area (Å²) in [7, 11) is -4.04. The largest absolute Gasteiger partial charge is 0.454 e. The van der Waals surface area contributed by atoms with Crippen LogP contribution in [0.4, 0.5) is 10.1 Å². The predicted octanol–water partition coefficient (Wildman–Crippen LogP) is 2.29. The van der Waals surface area contributed by atoms with Gasteiger partial charge < -0.3 is 10.1 Å². The summed E-state index contributed by atoms with van der Waals surface area (Å²) < 4.78 is 44.2. The van der Waals surface area contributed by atoms with Gasteiger partial charge in [-0.05, 0) is 68.3 Å². The van der Waals surface area contributed by atoms with Crippen LogP contribution in [-0.4, -0.2) is 32.9 Å². The Morgan fingerprint density at radius 2 is 1.71 bits per heavy atom. The maximum atomic E-state index is 12.9. The lowest BCUT2D eigenvalue weighted by Crippen LogP contribution is -2.40. The van der Waals surface area contributed by atoms with E-state index in [9.17, 15) is 22.4 Å². The second-order valence-corrected chi connectivity index (χ2v) is 7.97. The van der Waals surface area contributed by atoms with Gasteiger partial charge in [-0.2, -0.15) is 4.72 Å². The zero-order valence-electron chi connectivity index (χ0n) is 15.7. The van der Waals surface area contributed by atoms with E-state index in [1.54, 1.807) is 12.1 Å². The number of hydrogen-bond donors (Lipinski definition) is 2. The molecule has 9 heteroatoms. The van der Waals surface area contributed by atoms with Crippen molar-refractivity contribution < 1.29 is 27.1 Å². The standard InChI is InChI=1S/C19H21FN2O5S/c1-12-4-7-16(10-13(12)2)21-18(23)11-27-19(24)14(3)22-28(25,26)17-8-5-15(20)6-9-17/h4-10,14,22H,11H2,1-3H3,(H,21,23)/t14-/m0/s1. The van der Waals surface area contributed by atoms with Gasteiger partial charge in [0.1, 0.15) is 11.9 Å². The number of ether oxygens (including phenoxy) is 1. The molecule has 1 atom stereocenters. The monoisotopic (exact) mass is 408 g/mol. The van der Waals surface area contributed by atoms with Gasteiger partial charge in [0.05, 0.1) is 4.90 Å². The van der Waals surface area contributed by atoms with E-state index in [1.165, 1.54) is 6.92 Å². The smallest absolute Gasteiger partial charge is 0.324 e. The Bertz CT molecular complexity index is 974. The molecule has 28 heavy (non-hydrogen) atoms. The van der Waals surface area contributed by atoms with Crippen molar-refractivity contribution in [1.29, 1.82) is 0 Å². The number of anilines is 1. The van der Waals surface area contributed by atoms with Crippen molar-refractivity contribution in [3.05, 3.63) is 59.4 Å². The minimum absolute atomic E-state index is 0.193. The number of benzene rings is 2. The topological polar surface area (TPSA) is 102 Å². The number of nitrogens with one attached hydrogen (secondary N) is 2. The maximum absolute atomic E-state index is 12.9. The molecule has 0 fully saturated rings. The zero-order chi connectivity index (χ0) is 20.9. The summed E-state index contributed by atoms with van der Waals surface area (Å²) in [5.41, 5.74) is 2.64. The van der Waals surface area contributed by atoms with Crippen LogP contribution in [0.25, 0.3) is 0 Å². The number of halogens is 1. The second kappa shape index (κ2) is 8.94. The average molecular weight is 408 g/mol. The molecule has 2 N–H and O–H groups in total. The average Bonchev–Trinajstić information content (AvgIpc) is 2.62. The van der Waals surface area contributed by atoms with E-state index in [1.807, 2.05) is 19.9 Å². The highest BCUT2D eigenvalue weighted by Gasteiger charge is 2.23. The number of carbonyl (C=O) groups excluding carboxylic acids is 2. The van der Waals surface area contributed by atoms with E-state index >= 15 is 0 Å². The summed E-state index contributed by atoms with van der Waals surface area (Å²) >= 11 is 0. The summed E-state index contributed by atoms with van der Waals surface area (Å²) in [5.74, 6) is -2.05. The fourth-order valence-corrected chi connectivity index (χ4v) is 3.43. The van der Waals surface area contributed by atoms with Gasteiger partial charge in [0.2, 0.25) is 10.0 Å². The van der Waals surface area contributed by atoms with Gasteiger partial charge in [-0.1, -0.05) is 6.07 Å². The highest BCUT2D eigenvalue weighted by molar-refractivity contribution is 7.89. The number of esters is 1. The molecule has 0 spiro atoms. The number of hydrogen-bond acceptors (Lipinski definition) is 5. The SMILES string of the molecule is Cc1ccc(NC(=O)COC(=O)[C@H](C)NS(=O)(=O)c2ccc(F)cc2)cc1C. The molecule has 0 unspecified atom stereocenters. The van der Waals surface area contributed by atoms with Crippen LogP contribution in [0.5, 0.6) is 0 Å². The molecule has 0 bridgehead atoms. The molecular formula is C19H21FN2O5S. The van der Waals surface area contributed by atoms with Crippen LogP contribution in [0.15, 0.2) is 47.4 Å². The third-order valence-electron chi connectivity index (χ3n) is 3.95. The Hall–Kier alpha value is -2.78. The Labute approximate surface area is 163 Å². The molecule has 2 aromatic rings. The Balaban J connectivity index is 1.88. The molecule has 1 amide bonds. The molecule has 150 valence electrons. The predicted molar refractivity (Wildman–Crippen MR) is 102 cm³/mol. The van der Waals surface area contributed by atoms with E-state index in [0.717, 1.165) is 35.4 Å². The van der Waals surface area contributed by atoms with Crippen LogP contribution in [0.3, 0.4) is 0 Å². The van der Waals surface area contributed by atoms with Crippen LogP contribution in [-0.2, 0) is 24.3 Å². The van der Waals surface area contributed by atoms with E-state index in [4.69, 9.17) is 4.74 Å². The molecule has 7 nitrogen and oxygen atoms in total. The molecule has 0 saturated heterocycles. The van der Waals surface area contributed by atoms with Gasteiger partial charge in [-0.3, -0.25) is 9.59 Å².